The van der Waals surface area contributed by atoms with Gasteiger partial charge in [0.1, 0.15) is 0 Å². The number of thioether (sulfide) groups is 1. The maximum absolute atomic E-state index is 13.0. The summed E-state index contributed by atoms with van der Waals surface area (Å²) in [5.74, 6) is 0.190. The number of methoxy groups -OCH3 is 1. The Morgan fingerprint density at radius 1 is 1.10 bits per heavy atom. The Morgan fingerprint density at radius 2 is 1.90 bits per heavy atom. The van der Waals surface area contributed by atoms with Gasteiger partial charge in [-0.3, -0.25) is 14.2 Å². The summed E-state index contributed by atoms with van der Waals surface area (Å²) in [5.41, 5.74) is 1.14. The van der Waals surface area contributed by atoms with Crippen LogP contribution in [0.1, 0.15) is 10.4 Å². The van der Waals surface area contributed by atoms with Gasteiger partial charge in [0.2, 0.25) is 0 Å². The Kier molecular flexibility index (Phi) is 6.32. The normalized spacial score (nSPS) is 11.3. The first-order valence-electron chi connectivity index (χ1n) is 9.41. The monoisotopic (exact) mass is 482 g/mol. The minimum Gasteiger partial charge on any atom is -0.383 e. The highest BCUT2D eigenvalue weighted by Gasteiger charge is 2.15. The van der Waals surface area contributed by atoms with Gasteiger partial charge in [-0.05, 0) is 29.0 Å². The van der Waals surface area contributed by atoms with Gasteiger partial charge >= 0.3 is 0 Å². The van der Waals surface area contributed by atoms with Crippen molar-refractivity contribution >= 4 is 55.2 Å². The molecule has 0 spiro atoms. The van der Waals surface area contributed by atoms with E-state index in [1.807, 2.05) is 48.5 Å². The molecule has 0 saturated heterocycles. The van der Waals surface area contributed by atoms with Crippen molar-refractivity contribution in [2.75, 3.05) is 19.5 Å². The van der Waals surface area contributed by atoms with Gasteiger partial charge in [-0.15, -0.1) is 0 Å². The van der Waals surface area contributed by atoms with Crippen LogP contribution < -0.4 is 5.56 Å². The number of carbonyl (C=O) groups excluding carboxylic acids is 1. The first-order chi connectivity index (χ1) is 14.6. The van der Waals surface area contributed by atoms with Crippen LogP contribution in [0.4, 0.5) is 0 Å². The van der Waals surface area contributed by atoms with E-state index in [0.29, 0.717) is 34.8 Å². The number of Topliss-reactive ketones (excluding diaryl/α,β-unsaturated/α-hetero) is 1. The average molecular weight is 483 g/mol. The average Bonchev–Trinajstić information content (AvgIpc) is 2.77. The van der Waals surface area contributed by atoms with Crippen molar-refractivity contribution in [3.63, 3.8) is 0 Å². The van der Waals surface area contributed by atoms with Crippen LogP contribution in [0.3, 0.4) is 0 Å². The minimum atomic E-state index is -0.140. The summed E-state index contributed by atoms with van der Waals surface area (Å²) in [4.78, 5) is 30.7. The summed E-state index contributed by atoms with van der Waals surface area (Å²) in [6.07, 6.45) is 0. The summed E-state index contributed by atoms with van der Waals surface area (Å²) in [6, 6.07) is 19.0. The van der Waals surface area contributed by atoms with E-state index in [4.69, 9.17) is 4.74 Å². The molecule has 0 radical (unpaired) electrons. The molecule has 0 aliphatic carbocycles. The molecule has 4 rings (SSSR count). The summed E-state index contributed by atoms with van der Waals surface area (Å²) >= 11 is 4.68. The number of rotatable bonds is 7. The minimum absolute atomic E-state index is 0.000226. The first-order valence-corrected chi connectivity index (χ1v) is 11.2. The summed E-state index contributed by atoms with van der Waals surface area (Å²) in [5, 5.41) is 3.00. The molecule has 3 aromatic carbocycles. The van der Waals surface area contributed by atoms with Gasteiger partial charge in [-0.2, -0.15) is 0 Å². The van der Waals surface area contributed by atoms with E-state index in [1.165, 1.54) is 11.8 Å². The quantitative estimate of drug-likeness (QED) is 0.212. The van der Waals surface area contributed by atoms with E-state index in [0.717, 1.165) is 15.2 Å². The zero-order valence-corrected chi connectivity index (χ0v) is 18.7. The number of aromatic nitrogens is 2. The second-order valence-electron chi connectivity index (χ2n) is 6.74. The van der Waals surface area contributed by atoms with Gasteiger partial charge in [-0.1, -0.05) is 70.2 Å². The molecule has 0 atom stereocenters. The van der Waals surface area contributed by atoms with Crippen LogP contribution in [-0.2, 0) is 11.3 Å². The third-order valence-corrected chi connectivity index (χ3v) is 6.29. The van der Waals surface area contributed by atoms with E-state index >= 15 is 0 Å². The Labute approximate surface area is 186 Å². The zero-order chi connectivity index (χ0) is 21.1. The molecule has 5 nitrogen and oxygen atoms in total. The van der Waals surface area contributed by atoms with Crippen molar-refractivity contribution in [3.8, 4) is 0 Å². The van der Waals surface area contributed by atoms with E-state index in [-0.39, 0.29) is 17.1 Å². The number of ketones is 1. The van der Waals surface area contributed by atoms with E-state index in [2.05, 4.69) is 20.9 Å². The lowest BCUT2D eigenvalue weighted by molar-refractivity contribution is 0.102. The summed E-state index contributed by atoms with van der Waals surface area (Å²) in [7, 11) is 1.59. The molecule has 30 heavy (non-hydrogen) atoms. The highest BCUT2D eigenvalue weighted by Crippen LogP contribution is 2.24. The van der Waals surface area contributed by atoms with Crippen LogP contribution in [0.25, 0.3) is 21.7 Å². The zero-order valence-electron chi connectivity index (χ0n) is 16.3. The van der Waals surface area contributed by atoms with Crippen LogP contribution in [0.2, 0.25) is 0 Å². The van der Waals surface area contributed by atoms with Gasteiger partial charge in [0, 0.05) is 17.1 Å². The third-order valence-electron chi connectivity index (χ3n) is 4.82. The SMILES string of the molecule is COCCn1c(SCC(=O)c2cccc3ccccc23)nc2ccc(Br)cc2c1=O. The highest BCUT2D eigenvalue weighted by atomic mass is 79.9. The van der Waals surface area contributed by atoms with Crippen LogP contribution in [-0.4, -0.2) is 34.8 Å². The van der Waals surface area contributed by atoms with Crippen LogP contribution in [0.5, 0.6) is 0 Å². The molecule has 152 valence electrons. The number of hydrogen-bond acceptors (Lipinski definition) is 5. The predicted molar refractivity (Wildman–Crippen MR) is 125 cm³/mol. The van der Waals surface area contributed by atoms with Crippen molar-refractivity contribution in [1.29, 1.82) is 0 Å². The fourth-order valence-corrected chi connectivity index (χ4v) is 4.61. The van der Waals surface area contributed by atoms with Crippen molar-refractivity contribution in [1.82, 2.24) is 9.55 Å². The van der Waals surface area contributed by atoms with Gasteiger partial charge in [0.25, 0.3) is 5.56 Å². The van der Waals surface area contributed by atoms with Gasteiger partial charge in [-0.25, -0.2) is 4.98 Å². The van der Waals surface area contributed by atoms with Crippen LogP contribution >= 0.6 is 27.7 Å². The lowest BCUT2D eigenvalue weighted by Gasteiger charge is -2.13. The van der Waals surface area contributed by atoms with E-state index in [9.17, 15) is 9.59 Å². The second-order valence-corrected chi connectivity index (χ2v) is 8.60. The molecule has 0 unspecified atom stereocenters. The van der Waals surface area contributed by atoms with Crippen LogP contribution in [0, 0.1) is 0 Å². The Morgan fingerprint density at radius 3 is 2.73 bits per heavy atom. The molecule has 0 bridgehead atoms. The first kappa shape index (κ1) is 20.8. The van der Waals surface area contributed by atoms with E-state index < -0.39 is 0 Å². The van der Waals surface area contributed by atoms with Crippen LogP contribution in [0.15, 0.2) is 75.1 Å². The smallest absolute Gasteiger partial charge is 0.262 e. The molecule has 1 heterocycles. The lowest BCUT2D eigenvalue weighted by Crippen LogP contribution is -2.25. The van der Waals surface area contributed by atoms with Gasteiger partial charge < -0.3 is 4.74 Å². The predicted octanol–water partition coefficient (Wildman–Crippen LogP) is 4.93. The molecule has 0 N–H and O–H groups in total. The van der Waals surface area contributed by atoms with Crippen molar-refractivity contribution in [2.45, 2.75) is 11.7 Å². The number of benzene rings is 3. The van der Waals surface area contributed by atoms with Crippen molar-refractivity contribution in [3.05, 3.63) is 81.1 Å². The fourth-order valence-electron chi connectivity index (χ4n) is 3.34. The topological polar surface area (TPSA) is 61.2 Å². The number of hydrogen-bond donors (Lipinski definition) is 0. The molecule has 0 aliphatic heterocycles. The molecular formula is C23H19BrN2O3S. The van der Waals surface area contributed by atoms with Crippen molar-refractivity contribution in [2.24, 2.45) is 0 Å². The van der Waals surface area contributed by atoms with Crippen molar-refractivity contribution < 1.29 is 9.53 Å². The largest absolute Gasteiger partial charge is 0.383 e. The Hall–Kier alpha value is -2.48. The molecular weight excluding hydrogens is 464 g/mol. The van der Waals surface area contributed by atoms with E-state index in [1.54, 1.807) is 23.8 Å². The van der Waals surface area contributed by atoms with Gasteiger partial charge in [0.05, 0.1) is 29.8 Å². The molecule has 0 aliphatic rings. The fraction of sp³-hybridized carbons (Fsp3) is 0.174. The standard InChI is InChI=1S/C23H19BrN2O3S/c1-29-12-11-26-22(28)19-13-16(24)9-10-20(19)25-23(26)30-14-21(27)18-8-4-6-15-5-2-3-7-17(15)18/h2-10,13H,11-12,14H2,1H3. The number of carbonyl (C=O) groups is 1. The third kappa shape index (κ3) is 4.19. The molecule has 0 amide bonds. The molecule has 1 aromatic heterocycles. The van der Waals surface area contributed by atoms with Gasteiger partial charge in [0.15, 0.2) is 10.9 Å². The Bertz CT molecular complexity index is 1300. The maximum Gasteiger partial charge on any atom is 0.262 e. The molecule has 0 saturated carbocycles. The lowest BCUT2D eigenvalue weighted by atomic mass is 10.0. The highest BCUT2D eigenvalue weighted by molar-refractivity contribution is 9.10. The summed E-state index contributed by atoms with van der Waals surface area (Å²) < 4.78 is 7.56. The number of nitrogens with zero attached hydrogens (tertiary/aromatic N) is 2. The number of halogens is 1. The molecule has 7 heteroatoms. The summed E-state index contributed by atoms with van der Waals surface area (Å²) in [6.45, 7) is 0.751. The Balaban J connectivity index is 1.68. The maximum atomic E-state index is 13.0. The molecule has 0 fully saturated rings. The number of ether oxygens (including phenoxy) is 1. The molecule has 4 aromatic rings. The second kappa shape index (κ2) is 9.12. The number of fused-ring (bicyclic) bond motifs is 2.